The zero-order valence-corrected chi connectivity index (χ0v) is 10.9. The molecule has 0 saturated heterocycles. The molecule has 0 fully saturated rings. The SMILES string of the molecule is CC1=Cc2cc(C(C)(C)C)ccc2S1(=O)=O. The van der Waals surface area contributed by atoms with Crippen LogP contribution in [0.1, 0.15) is 38.8 Å². The average Bonchev–Trinajstić information content (AvgIpc) is 2.36. The average molecular weight is 236 g/mol. The van der Waals surface area contributed by atoms with Gasteiger partial charge in [0.2, 0.25) is 9.84 Å². The van der Waals surface area contributed by atoms with E-state index in [0.717, 1.165) is 11.1 Å². The van der Waals surface area contributed by atoms with Crippen LogP contribution in [0.25, 0.3) is 6.08 Å². The molecule has 1 aliphatic heterocycles. The third-order valence-corrected chi connectivity index (χ3v) is 4.86. The van der Waals surface area contributed by atoms with Gasteiger partial charge in [-0.05, 0) is 41.7 Å². The van der Waals surface area contributed by atoms with E-state index in [1.165, 1.54) is 0 Å². The van der Waals surface area contributed by atoms with Crippen LogP contribution >= 0.6 is 0 Å². The van der Waals surface area contributed by atoms with Crippen LogP contribution < -0.4 is 0 Å². The molecule has 86 valence electrons. The van der Waals surface area contributed by atoms with Crippen molar-refractivity contribution < 1.29 is 8.42 Å². The summed E-state index contributed by atoms with van der Waals surface area (Å²) in [6.45, 7) is 8.00. The second kappa shape index (κ2) is 3.20. The van der Waals surface area contributed by atoms with Crippen LogP contribution in [0.5, 0.6) is 0 Å². The van der Waals surface area contributed by atoms with E-state index in [2.05, 4.69) is 20.8 Å². The Balaban J connectivity index is 2.65. The molecule has 2 rings (SSSR count). The molecule has 0 bridgehead atoms. The van der Waals surface area contributed by atoms with Crippen molar-refractivity contribution >= 4 is 15.9 Å². The van der Waals surface area contributed by atoms with Crippen LogP contribution in [0.15, 0.2) is 28.0 Å². The fourth-order valence-electron chi connectivity index (χ4n) is 1.84. The lowest BCUT2D eigenvalue weighted by molar-refractivity contribution is 0.588. The second-order valence-corrected chi connectivity index (χ2v) is 7.35. The standard InChI is InChI=1S/C13H16O2S/c1-9-7-10-8-11(13(2,3)4)5-6-12(10)16(9,14)15/h5-8H,1-4H3. The van der Waals surface area contributed by atoms with E-state index >= 15 is 0 Å². The first-order valence-corrected chi connectivity index (χ1v) is 6.79. The van der Waals surface area contributed by atoms with Gasteiger partial charge in [-0.15, -0.1) is 0 Å². The maximum absolute atomic E-state index is 11.9. The monoisotopic (exact) mass is 236 g/mol. The number of rotatable bonds is 0. The Morgan fingerprint density at radius 1 is 1.12 bits per heavy atom. The molecule has 0 amide bonds. The van der Waals surface area contributed by atoms with Crippen molar-refractivity contribution in [2.45, 2.75) is 38.0 Å². The summed E-state index contributed by atoms with van der Waals surface area (Å²) in [4.78, 5) is 0.881. The zero-order chi connectivity index (χ0) is 12.1. The van der Waals surface area contributed by atoms with E-state index in [4.69, 9.17) is 0 Å². The van der Waals surface area contributed by atoms with Crippen molar-refractivity contribution in [3.63, 3.8) is 0 Å². The minimum atomic E-state index is -3.19. The Hall–Kier alpha value is -1.09. The number of hydrogen-bond acceptors (Lipinski definition) is 2. The first-order valence-electron chi connectivity index (χ1n) is 5.31. The predicted octanol–water partition coefficient (Wildman–Crippen LogP) is 3.13. The first kappa shape index (κ1) is 11.4. The van der Waals surface area contributed by atoms with Crippen molar-refractivity contribution in [1.29, 1.82) is 0 Å². The van der Waals surface area contributed by atoms with E-state index in [0.29, 0.717) is 9.80 Å². The van der Waals surface area contributed by atoms with Gasteiger partial charge in [0.25, 0.3) is 0 Å². The van der Waals surface area contributed by atoms with E-state index < -0.39 is 9.84 Å². The number of fused-ring (bicyclic) bond motifs is 1. The summed E-state index contributed by atoms with van der Waals surface area (Å²) < 4.78 is 23.8. The topological polar surface area (TPSA) is 34.1 Å². The Labute approximate surface area is 96.9 Å². The summed E-state index contributed by atoms with van der Waals surface area (Å²) in [5.41, 5.74) is 2.03. The highest BCUT2D eigenvalue weighted by Crippen LogP contribution is 2.35. The number of sulfone groups is 1. The molecule has 0 atom stereocenters. The molecule has 1 aromatic rings. The van der Waals surface area contributed by atoms with Gasteiger partial charge < -0.3 is 0 Å². The van der Waals surface area contributed by atoms with Crippen molar-refractivity contribution in [2.24, 2.45) is 0 Å². The van der Waals surface area contributed by atoms with Crippen LogP contribution in [0.3, 0.4) is 0 Å². The van der Waals surface area contributed by atoms with Crippen LogP contribution in [-0.2, 0) is 15.3 Å². The first-order chi connectivity index (χ1) is 7.23. The lowest BCUT2D eigenvalue weighted by Gasteiger charge is -2.19. The molecule has 0 N–H and O–H groups in total. The molecule has 0 spiro atoms. The molecule has 16 heavy (non-hydrogen) atoms. The summed E-state index contributed by atoms with van der Waals surface area (Å²) in [7, 11) is -3.19. The molecular formula is C13H16O2S. The van der Waals surface area contributed by atoms with Gasteiger partial charge in [-0.1, -0.05) is 26.8 Å². The predicted molar refractivity (Wildman–Crippen MR) is 66.0 cm³/mol. The van der Waals surface area contributed by atoms with Crippen molar-refractivity contribution in [3.8, 4) is 0 Å². The highest BCUT2D eigenvalue weighted by molar-refractivity contribution is 7.95. The minimum Gasteiger partial charge on any atom is -0.219 e. The smallest absolute Gasteiger partial charge is 0.203 e. The molecule has 3 heteroatoms. The van der Waals surface area contributed by atoms with E-state index in [-0.39, 0.29) is 5.41 Å². The molecule has 1 aliphatic rings. The molecule has 0 aliphatic carbocycles. The summed E-state index contributed by atoms with van der Waals surface area (Å²) in [6, 6.07) is 5.60. The Bertz CT molecular complexity index is 572. The molecule has 1 aromatic carbocycles. The normalized spacial score (nSPS) is 18.1. The lowest BCUT2D eigenvalue weighted by atomic mass is 9.86. The molecule has 1 heterocycles. The van der Waals surface area contributed by atoms with Crippen LogP contribution in [0.4, 0.5) is 0 Å². The number of hydrogen-bond donors (Lipinski definition) is 0. The summed E-state index contributed by atoms with van der Waals surface area (Å²) in [5, 5.41) is 0. The maximum Gasteiger partial charge on any atom is 0.203 e. The zero-order valence-electron chi connectivity index (χ0n) is 10.0. The quantitative estimate of drug-likeness (QED) is 0.693. The second-order valence-electron chi connectivity index (χ2n) is 5.26. The molecular weight excluding hydrogens is 220 g/mol. The fourth-order valence-corrected chi connectivity index (χ4v) is 3.15. The van der Waals surface area contributed by atoms with Gasteiger partial charge in [0, 0.05) is 4.91 Å². The van der Waals surface area contributed by atoms with E-state index in [1.807, 2.05) is 12.1 Å². The molecule has 0 saturated carbocycles. The van der Waals surface area contributed by atoms with Gasteiger partial charge in [-0.2, -0.15) is 0 Å². The fraction of sp³-hybridized carbons (Fsp3) is 0.385. The Kier molecular flexibility index (Phi) is 2.28. The third kappa shape index (κ3) is 1.59. The summed E-state index contributed by atoms with van der Waals surface area (Å²) >= 11 is 0. The number of allylic oxidation sites excluding steroid dienone is 1. The lowest BCUT2D eigenvalue weighted by Crippen LogP contribution is -2.11. The Morgan fingerprint density at radius 3 is 2.31 bits per heavy atom. The summed E-state index contributed by atoms with van der Waals surface area (Å²) in [5.74, 6) is 0. The molecule has 0 aromatic heterocycles. The largest absolute Gasteiger partial charge is 0.219 e. The third-order valence-electron chi connectivity index (χ3n) is 2.95. The van der Waals surface area contributed by atoms with Crippen molar-refractivity contribution in [1.82, 2.24) is 0 Å². The highest BCUT2D eigenvalue weighted by Gasteiger charge is 2.27. The maximum atomic E-state index is 11.9. The minimum absolute atomic E-state index is 0.0448. The van der Waals surface area contributed by atoms with Crippen molar-refractivity contribution in [2.75, 3.05) is 0 Å². The highest BCUT2D eigenvalue weighted by atomic mass is 32.2. The molecule has 0 unspecified atom stereocenters. The van der Waals surface area contributed by atoms with Gasteiger partial charge in [0.15, 0.2) is 0 Å². The van der Waals surface area contributed by atoms with Crippen LogP contribution in [-0.4, -0.2) is 8.42 Å². The Morgan fingerprint density at radius 2 is 1.75 bits per heavy atom. The molecule has 2 nitrogen and oxygen atoms in total. The van der Waals surface area contributed by atoms with Gasteiger partial charge in [0.1, 0.15) is 0 Å². The van der Waals surface area contributed by atoms with Gasteiger partial charge in [0.05, 0.1) is 4.90 Å². The van der Waals surface area contributed by atoms with Gasteiger partial charge in [-0.3, -0.25) is 0 Å². The number of benzene rings is 1. The van der Waals surface area contributed by atoms with Gasteiger partial charge >= 0.3 is 0 Å². The van der Waals surface area contributed by atoms with Crippen molar-refractivity contribution in [3.05, 3.63) is 34.2 Å². The molecule has 0 radical (unpaired) electrons. The van der Waals surface area contributed by atoms with E-state index in [9.17, 15) is 8.42 Å². The van der Waals surface area contributed by atoms with Gasteiger partial charge in [-0.25, -0.2) is 8.42 Å². The van der Waals surface area contributed by atoms with Crippen LogP contribution in [0.2, 0.25) is 0 Å². The van der Waals surface area contributed by atoms with E-state index in [1.54, 1.807) is 19.1 Å². The van der Waals surface area contributed by atoms with Crippen LogP contribution in [0, 0.1) is 0 Å². The summed E-state index contributed by atoms with van der Waals surface area (Å²) in [6.07, 6.45) is 1.75.